The Labute approximate surface area is 160 Å². The van der Waals surface area contributed by atoms with Crippen LogP contribution in [-0.4, -0.2) is 114 Å². The standard InChI is InChI=1S/C19H41N3O4/c1-6-20(3)10-8-11-22(5)19(23)9-13-24-15-17-26-18-16-25-14-12-21(4)7-2/h6-18H2,1-5H3. The van der Waals surface area contributed by atoms with Gasteiger partial charge in [-0.3, -0.25) is 4.79 Å². The summed E-state index contributed by atoms with van der Waals surface area (Å²) >= 11 is 0. The molecule has 0 bridgehead atoms. The molecular weight excluding hydrogens is 334 g/mol. The number of rotatable bonds is 18. The molecule has 0 saturated heterocycles. The fourth-order valence-corrected chi connectivity index (χ4v) is 2.13. The van der Waals surface area contributed by atoms with Crippen molar-refractivity contribution < 1.29 is 19.0 Å². The monoisotopic (exact) mass is 375 g/mol. The third kappa shape index (κ3) is 15.5. The molecule has 0 rings (SSSR count). The largest absolute Gasteiger partial charge is 0.379 e. The summed E-state index contributed by atoms with van der Waals surface area (Å²) in [6.45, 7) is 12.5. The van der Waals surface area contributed by atoms with Gasteiger partial charge in [0.2, 0.25) is 5.91 Å². The van der Waals surface area contributed by atoms with Gasteiger partial charge in [-0.2, -0.15) is 0 Å². The van der Waals surface area contributed by atoms with Gasteiger partial charge in [-0.1, -0.05) is 13.8 Å². The Morgan fingerprint density at radius 1 is 0.692 bits per heavy atom. The molecular formula is C19H41N3O4. The Morgan fingerprint density at radius 2 is 1.19 bits per heavy atom. The molecule has 7 heteroatoms. The zero-order chi connectivity index (χ0) is 19.6. The molecule has 156 valence electrons. The first-order chi connectivity index (χ1) is 12.5. The minimum absolute atomic E-state index is 0.135. The zero-order valence-corrected chi connectivity index (χ0v) is 17.7. The molecule has 0 atom stereocenters. The van der Waals surface area contributed by atoms with Gasteiger partial charge < -0.3 is 28.9 Å². The van der Waals surface area contributed by atoms with Crippen molar-refractivity contribution in [2.75, 3.05) is 93.5 Å². The predicted molar refractivity (Wildman–Crippen MR) is 106 cm³/mol. The first-order valence-corrected chi connectivity index (χ1v) is 9.85. The summed E-state index contributed by atoms with van der Waals surface area (Å²) in [5.41, 5.74) is 0. The van der Waals surface area contributed by atoms with Gasteiger partial charge in [0.05, 0.1) is 46.1 Å². The Bertz CT molecular complexity index is 332. The molecule has 0 radical (unpaired) electrons. The third-order valence-electron chi connectivity index (χ3n) is 4.36. The molecule has 0 aromatic carbocycles. The fourth-order valence-electron chi connectivity index (χ4n) is 2.13. The first-order valence-electron chi connectivity index (χ1n) is 9.85. The van der Waals surface area contributed by atoms with E-state index < -0.39 is 0 Å². The summed E-state index contributed by atoms with van der Waals surface area (Å²) in [4.78, 5) is 18.2. The highest BCUT2D eigenvalue weighted by Gasteiger charge is 2.08. The molecule has 0 aliphatic heterocycles. The highest BCUT2D eigenvalue weighted by Crippen LogP contribution is 1.96. The van der Waals surface area contributed by atoms with Crippen molar-refractivity contribution in [2.24, 2.45) is 0 Å². The molecule has 0 saturated carbocycles. The van der Waals surface area contributed by atoms with Crippen molar-refractivity contribution >= 4 is 5.91 Å². The first kappa shape index (κ1) is 25.3. The van der Waals surface area contributed by atoms with E-state index in [0.717, 1.165) is 45.8 Å². The summed E-state index contributed by atoms with van der Waals surface area (Å²) in [5, 5.41) is 0. The van der Waals surface area contributed by atoms with Crippen LogP contribution in [0.15, 0.2) is 0 Å². The topological polar surface area (TPSA) is 54.5 Å². The number of carbonyl (C=O) groups is 1. The normalized spacial score (nSPS) is 11.5. The Morgan fingerprint density at radius 3 is 1.77 bits per heavy atom. The van der Waals surface area contributed by atoms with Crippen LogP contribution in [0, 0.1) is 0 Å². The molecule has 0 unspecified atom stereocenters. The zero-order valence-electron chi connectivity index (χ0n) is 17.7. The van der Waals surface area contributed by atoms with Gasteiger partial charge in [0.15, 0.2) is 0 Å². The van der Waals surface area contributed by atoms with Crippen molar-refractivity contribution in [3.63, 3.8) is 0 Å². The second kappa shape index (κ2) is 17.7. The lowest BCUT2D eigenvalue weighted by Crippen LogP contribution is -2.31. The number of ether oxygens (including phenoxy) is 3. The SMILES string of the molecule is CCN(C)CCCN(C)C(=O)CCOCCOCCOCCN(C)CC. The van der Waals surface area contributed by atoms with Gasteiger partial charge in [0.25, 0.3) is 0 Å². The number of hydrogen-bond donors (Lipinski definition) is 0. The van der Waals surface area contributed by atoms with E-state index in [9.17, 15) is 4.79 Å². The van der Waals surface area contributed by atoms with Crippen LogP contribution in [0.3, 0.4) is 0 Å². The van der Waals surface area contributed by atoms with E-state index in [2.05, 4.69) is 37.7 Å². The van der Waals surface area contributed by atoms with Crippen LogP contribution in [0.5, 0.6) is 0 Å². The van der Waals surface area contributed by atoms with Crippen LogP contribution in [0.25, 0.3) is 0 Å². The van der Waals surface area contributed by atoms with Crippen LogP contribution in [0.1, 0.15) is 26.7 Å². The summed E-state index contributed by atoms with van der Waals surface area (Å²) in [5.74, 6) is 0.135. The number of carbonyl (C=O) groups excluding carboxylic acids is 1. The fraction of sp³-hybridized carbons (Fsp3) is 0.947. The highest BCUT2D eigenvalue weighted by atomic mass is 16.5. The van der Waals surface area contributed by atoms with Crippen LogP contribution in [0.4, 0.5) is 0 Å². The van der Waals surface area contributed by atoms with Gasteiger partial charge in [-0.25, -0.2) is 0 Å². The summed E-state index contributed by atoms with van der Waals surface area (Å²) in [7, 11) is 6.02. The predicted octanol–water partition coefficient (Wildman–Crippen LogP) is 1.18. The molecule has 0 aromatic rings. The maximum Gasteiger partial charge on any atom is 0.224 e. The van der Waals surface area contributed by atoms with E-state index in [0.29, 0.717) is 39.5 Å². The van der Waals surface area contributed by atoms with Gasteiger partial charge in [0, 0.05) is 20.1 Å². The van der Waals surface area contributed by atoms with E-state index in [4.69, 9.17) is 14.2 Å². The second-order valence-corrected chi connectivity index (χ2v) is 6.55. The van der Waals surface area contributed by atoms with Crippen LogP contribution >= 0.6 is 0 Å². The maximum absolute atomic E-state index is 12.0. The molecule has 0 fully saturated rings. The average Bonchev–Trinajstić information content (AvgIpc) is 2.65. The molecule has 0 aliphatic carbocycles. The van der Waals surface area contributed by atoms with Crippen LogP contribution in [-0.2, 0) is 19.0 Å². The van der Waals surface area contributed by atoms with E-state index >= 15 is 0 Å². The molecule has 7 nitrogen and oxygen atoms in total. The lowest BCUT2D eigenvalue weighted by molar-refractivity contribution is -0.131. The van der Waals surface area contributed by atoms with Crippen molar-refractivity contribution in [1.82, 2.24) is 14.7 Å². The number of amides is 1. The van der Waals surface area contributed by atoms with E-state index in [-0.39, 0.29) is 5.91 Å². The molecule has 0 spiro atoms. The lowest BCUT2D eigenvalue weighted by atomic mass is 10.3. The molecule has 0 aromatic heterocycles. The van der Waals surface area contributed by atoms with Crippen molar-refractivity contribution in [3.8, 4) is 0 Å². The van der Waals surface area contributed by atoms with Crippen molar-refractivity contribution in [3.05, 3.63) is 0 Å². The molecule has 0 heterocycles. The molecule has 0 N–H and O–H groups in total. The van der Waals surface area contributed by atoms with Crippen molar-refractivity contribution in [1.29, 1.82) is 0 Å². The van der Waals surface area contributed by atoms with Crippen molar-refractivity contribution in [2.45, 2.75) is 26.7 Å². The molecule has 0 aliphatic rings. The second-order valence-electron chi connectivity index (χ2n) is 6.55. The van der Waals surface area contributed by atoms with Gasteiger partial charge in [-0.05, 0) is 40.2 Å². The maximum atomic E-state index is 12.0. The summed E-state index contributed by atoms with van der Waals surface area (Å²) < 4.78 is 16.4. The Kier molecular flexibility index (Phi) is 17.2. The van der Waals surface area contributed by atoms with Gasteiger partial charge in [0.1, 0.15) is 0 Å². The Hall–Kier alpha value is -0.730. The summed E-state index contributed by atoms with van der Waals surface area (Å²) in [6.07, 6.45) is 1.42. The van der Waals surface area contributed by atoms with E-state index in [1.165, 1.54) is 0 Å². The quantitative estimate of drug-likeness (QED) is 0.335. The number of hydrogen-bond acceptors (Lipinski definition) is 6. The smallest absolute Gasteiger partial charge is 0.224 e. The molecule has 1 amide bonds. The lowest BCUT2D eigenvalue weighted by Gasteiger charge is -2.19. The van der Waals surface area contributed by atoms with Crippen LogP contribution in [0.2, 0.25) is 0 Å². The average molecular weight is 376 g/mol. The van der Waals surface area contributed by atoms with Crippen LogP contribution < -0.4 is 0 Å². The van der Waals surface area contributed by atoms with E-state index in [1.54, 1.807) is 4.90 Å². The minimum atomic E-state index is 0.135. The number of nitrogens with zero attached hydrogens (tertiary/aromatic N) is 3. The van der Waals surface area contributed by atoms with Gasteiger partial charge >= 0.3 is 0 Å². The highest BCUT2D eigenvalue weighted by molar-refractivity contribution is 5.75. The third-order valence-corrected chi connectivity index (χ3v) is 4.36. The molecule has 26 heavy (non-hydrogen) atoms. The minimum Gasteiger partial charge on any atom is -0.379 e. The van der Waals surface area contributed by atoms with Gasteiger partial charge in [-0.15, -0.1) is 0 Å². The Balaban J connectivity index is 3.37. The van der Waals surface area contributed by atoms with E-state index in [1.807, 2.05) is 7.05 Å². The number of likely N-dealkylation sites (N-methyl/N-ethyl adjacent to an activating group) is 1. The summed E-state index contributed by atoms with van der Waals surface area (Å²) in [6, 6.07) is 0.